The SMILES string of the molecule is CC(C)(OC(=O)c1ccc(I)cc1O)C1CC[NH2+]CC1. The van der Waals surface area contributed by atoms with Crippen LogP contribution in [0, 0.1) is 9.49 Å². The van der Waals surface area contributed by atoms with Crippen LogP contribution in [0.2, 0.25) is 0 Å². The number of halogens is 1. The van der Waals surface area contributed by atoms with Crippen LogP contribution in [0.15, 0.2) is 18.2 Å². The van der Waals surface area contributed by atoms with Crippen LogP contribution in [-0.4, -0.2) is 29.8 Å². The lowest BCUT2D eigenvalue weighted by Crippen LogP contribution is -2.86. The third-order valence-electron chi connectivity index (χ3n) is 3.96. The second kappa shape index (κ2) is 6.30. The number of carbonyl (C=O) groups excluding carboxylic acids is 1. The molecule has 0 radical (unpaired) electrons. The van der Waals surface area contributed by atoms with Crippen molar-refractivity contribution in [1.29, 1.82) is 0 Å². The minimum absolute atomic E-state index is 0.0188. The first kappa shape index (κ1) is 15.6. The quantitative estimate of drug-likeness (QED) is 0.612. The molecule has 5 heteroatoms. The number of aromatic hydroxyl groups is 1. The molecule has 0 bridgehead atoms. The number of nitrogens with two attached hydrogens (primary N) is 1. The van der Waals surface area contributed by atoms with E-state index < -0.39 is 11.6 Å². The van der Waals surface area contributed by atoms with Gasteiger partial charge in [0.15, 0.2) is 0 Å². The molecule has 1 saturated heterocycles. The molecule has 3 N–H and O–H groups in total. The summed E-state index contributed by atoms with van der Waals surface area (Å²) in [6, 6.07) is 4.98. The molecule has 0 aliphatic carbocycles. The summed E-state index contributed by atoms with van der Waals surface area (Å²) in [4.78, 5) is 12.2. The molecule has 1 aliphatic rings. The first-order chi connectivity index (χ1) is 9.40. The van der Waals surface area contributed by atoms with Gasteiger partial charge in [-0.2, -0.15) is 0 Å². The fourth-order valence-electron chi connectivity index (χ4n) is 2.68. The van der Waals surface area contributed by atoms with Crippen molar-refractivity contribution >= 4 is 28.6 Å². The molecular formula is C15H21INO3+. The number of phenolic OH excluding ortho intramolecular Hbond substituents is 1. The number of quaternary nitrogens is 1. The van der Waals surface area contributed by atoms with E-state index in [1.165, 1.54) is 0 Å². The van der Waals surface area contributed by atoms with Crippen molar-refractivity contribution in [3.8, 4) is 5.75 Å². The number of hydrogen-bond acceptors (Lipinski definition) is 3. The van der Waals surface area contributed by atoms with E-state index >= 15 is 0 Å². The number of piperidine rings is 1. The summed E-state index contributed by atoms with van der Waals surface area (Å²) in [7, 11) is 0. The van der Waals surface area contributed by atoms with Gasteiger partial charge in [-0.1, -0.05) is 0 Å². The Kier molecular flexibility index (Phi) is 4.90. The number of phenols is 1. The molecule has 1 aromatic carbocycles. The summed E-state index contributed by atoms with van der Waals surface area (Å²) in [6.07, 6.45) is 2.11. The maximum atomic E-state index is 12.2. The molecule has 1 heterocycles. The average Bonchev–Trinajstić information content (AvgIpc) is 2.39. The summed E-state index contributed by atoms with van der Waals surface area (Å²) >= 11 is 2.09. The molecule has 20 heavy (non-hydrogen) atoms. The molecule has 2 rings (SSSR count). The molecule has 0 spiro atoms. The summed E-state index contributed by atoms with van der Waals surface area (Å²) in [5, 5.41) is 12.1. The number of esters is 1. The lowest BCUT2D eigenvalue weighted by Gasteiger charge is -2.35. The Balaban J connectivity index is 2.09. The number of carbonyl (C=O) groups is 1. The van der Waals surface area contributed by atoms with Crippen LogP contribution in [0.25, 0.3) is 0 Å². The zero-order chi connectivity index (χ0) is 14.8. The first-order valence-electron chi connectivity index (χ1n) is 6.93. The zero-order valence-corrected chi connectivity index (χ0v) is 14.0. The van der Waals surface area contributed by atoms with Gasteiger partial charge in [0, 0.05) is 22.3 Å². The van der Waals surface area contributed by atoms with E-state index in [2.05, 4.69) is 27.9 Å². The maximum absolute atomic E-state index is 12.2. The van der Waals surface area contributed by atoms with E-state index in [1.54, 1.807) is 18.2 Å². The molecule has 1 aromatic rings. The van der Waals surface area contributed by atoms with Crippen molar-refractivity contribution in [3.05, 3.63) is 27.3 Å². The smallest absolute Gasteiger partial charge is 0.342 e. The Morgan fingerprint density at radius 2 is 2.05 bits per heavy atom. The van der Waals surface area contributed by atoms with Crippen molar-refractivity contribution in [2.45, 2.75) is 32.3 Å². The highest BCUT2D eigenvalue weighted by Crippen LogP contribution is 2.30. The second-order valence-electron chi connectivity index (χ2n) is 5.79. The van der Waals surface area contributed by atoms with E-state index in [0.29, 0.717) is 5.92 Å². The third kappa shape index (κ3) is 3.63. The molecule has 110 valence electrons. The van der Waals surface area contributed by atoms with Crippen LogP contribution in [-0.2, 0) is 4.74 Å². The predicted octanol–water partition coefficient (Wildman–Crippen LogP) is 1.91. The molecule has 4 nitrogen and oxygen atoms in total. The average molecular weight is 390 g/mol. The monoisotopic (exact) mass is 390 g/mol. The van der Waals surface area contributed by atoms with E-state index in [1.807, 2.05) is 13.8 Å². The standard InChI is InChI=1S/C15H20INO3/c1-15(2,10-5-7-17-8-6-10)20-14(19)12-4-3-11(16)9-13(12)18/h3-4,9-10,17-18H,5-8H2,1-2H3/p+1. The zero-order valence-electron chi connectivity index (χ0n) is 11.9. The highest BCUT2D eigenvalue weighted by molar-refractivity contribution is 14.1. The van der Waals surface area contributed by atoms with Gasteiger partial charge in [0.1, 0.15) is 16.9 Å². The van der Waals surface area contributed by atoms with Crippen molar-refractivity contribution in [3.63, 3.8) is 0 Å². The molecule has 0 saturated carbocycles. The van der Waals surface area contributed by atoms with Gasteiger partial charge in [-0.3, -0.25) is 0 Å². The highest BCUT2D eigenvalue weighted by atomic mass is 127. The van der Waals surface area contributed by atoms with Crippen molar-refractivity contribution in [2.75, 3.05) is 13.1 Å². The van der Waals surface area contributed by atoms with E-state index in [0.717, 1.165) is 29.5 Å². The van der Waals surface area contributed by atoms with Gasteiger partial charge in [-0.05, 0) is 54.6 Å². The molecule has 0 atom stereocenters. The molecule has 1 fully saturated rings. The summed E-state index contributed by atoms with van der Waals surface area (Å²) in [5.41, 5.74) is -0.262. The van der Waals surface area contributed by atoms with E-state index in [9.17, 15) is 9.90 Å². The Labute approximate surface area is 133 Å². The molecule has 0 amide bonds. The van der Waals surface area contributed by atoms with Crippen molar-refractivity contribution in [2.24, 2.45) is 5.92 Å². The topological polar surface area (TPSA) is 63.1 Å². The number of hydrogen-bond donors (Lipinski definition) is 2. The van der Waals surface area contributed by atoms with Crippen LogP contribution in [0.5, 0.6) is 5.75 Å². The van der Waals surface area contributed by atoms with Gasteiger partial charge in [-0.15, -0.1) is 0 Å². The first-order valence-corrected chi connectivity index (χ1v) is 8.01. The Hall–Kier alpha value is -0.820. The summed E-state index contributed by atoms with van der Waals surface area (Å²) in [6.45, 7) is 6.09. The van der Waals surface area contributed by atoms with Crippen molar-refractivity contribution in [1.82, 2.24) is 0 Å². The molecular weight excluding hydrogens is 369 g/mol. The lowest BCUT2D eigenvalue weighted by molar-refractivity contribution is -0.665. The van der Waals surface area contributed by atoms with Gasteiger partial charge in [0.05, 0.1) is 13.1 Å². The van der Waals surface area contributed by atoms with Crippen molar-refractivity contribution < 1.29 is 20.0 Å². The lowest BCUT2D eigenvalue weighted by atomic mass is 9.83. The van der Waals surface area contributed by atoms with E-state index in [-0.39, 0.29) is 11.3 Å². The summed E-state index contributed by atoms with van der Waals surface area (Å²) < 4.78 is 6.56. The second-order valence-corrected chi connectivity index (χ2v) is 7.04. The molecule has 0 aromatic heterocycles. The van der Waals surface area contributed by atoms with Gasteiger partial charge in [-0.25, -0.2) is 4.79 Å². The third-order valence-corrected chi connectivity index (χ3v) is 4.63. The van der Waals surface area contributed by atoms with Crippen LogP contribution >= 0.6 is 22.6 Å². The van der Waals surface area contributed by atoms with Gasteiger partial charge >= 0.3 is 5.97 Å². The maximum Gasteiger partial charge on any atom is 0.342 e. The number of ether oxygens (including phenoxy) is 1. The number of benzene rings is 1. The predicted molar refractivity (Wildman–Crippen MR) is 84.7 cm³/mol. The Bertz CT molecular complexity index is 496. The van der Waals surface area contributed by atoms with Crippen LogP contribution < -0.4 is 5.32 Å². The van der Waals surface area contributed by atoms with Gasteiger partial charge in [0.25, 0.3) is 0 Å². The Morgan fingerprint density at radius 3 is 2.65 bits per heavy atom. The van der Waals surface area contributed by atoms with Gasteiger partial charge in [0.2, 0.25) is 0 Å². The van der Waals surface area contributed by atoms with Crippen LogP contribution in [0.3, 0.4) is 0 Å². The van der Waals surface area contributed by atoms with Crippen LogP contribution in [0.4, 0.5) is 0 Å². The normalized spacial score (nSPS) is 16.9. The molecule has 1 aliphatic heterocycles. The fraction of sp³-hybridized carbons (Fsp3) is 0.533. The highest BCUT2D eigenvalue weighted by Gasteiger charge is 2.35. The largest absolute Gasteiger partial charge is 0.507 e. The number of rotatable bonds is 3. The molecule has 0 unspecified atom stereocenters. The van der Waals surface area contributed by atoms with Gasteiger partial charge < -0.3 is 15.2 Å². The van der Waals surface area contributed by atoms with E-state index in [4.69, 9.17) is 4.74 Å². The Morgan fingerprint density at radius 1 is 1.40 bits per heavy atom. The minimum atomic E-state index is -0.499. The fourth-order valence-corrected chi connectivity index (χ4v) is 3.15. The minimum Gasteiger partial charge on any atom is -0.507 e. The summed E-state index contributed by atoms with van der Waals surface area (Å²) in [5.74, 6) is -0.0874. The van der Waals surface area contributed by atoms with Crippen LogP contribution in [0.1, 0.15) is 37.0 Å².